The molecule has 0 saturated carbocycles. The highest BCUT2D eigenvalue weighted by Gasteiger charge is 2.35. The fourth-order valence-corrected chi connectivity index (χ4v) is 1.90. The Morgan fingerprint density at radius 3 is 2.32 bits per heavy atom. The number of aliphatic hydroxyl groups excluding tert-OH is 1. The van der Waals surface area contributed by atoms with E-state index in [9.17, 15) is 19.5 Å². The molecule has 0 saturated heterocycles. The van der Waals surface area contributed by atoms with E-state index in [1.165, 1.54) is 20.8 Å². The van der Waals surface area contributed by atoms with Gasteiger partial charge in [-0.05, 0) is 26.3 Å². The van der Waals surface area contributed by atoms with E-state index in [2.05, 4.69) is 15.4 Å². The number of alkyl carbamates (subject to hydrolysis) is 1. The quantitative estimate of drug-likeness (QED) is 0.624. The third-order valence-electron chi connectivity index (χ3n) is 3.42. The molecule has 0 aromatic heterocycles. The molecule has 0 radical (unpaired) electrons. The zero-order chi connectivity index (χ0) is 19.0. The topological polar surface area (TPSA) is 114 Å². The van der Waals surface area contributed by atoms with E-state index in [0.29, 0.717) is 0 Å². The van der Waals surface area contributed by atoms with Crippen molar-refractivity contribution in [1.82, 2.24) is 10.6 Å². The highest BCUT2D eigenvalue weighted by atomic mass is 16.5. The first-order chi connectivity index (χ1) is 11.7. The van der Waals surface area contributed by atoms with Crippen LogP contribution in [-0.4, -0.2) is 47.9 Å². The second-order valence-electron chi connectivity index (χ2n) is 6.03. The van der Waals surface area contributed by atoms with Crippen molar-refractivity contribution in [2.75, 3.05) is 7.11 Å². The lowest BCUT2D eigenvalue weighted by Crippen LogP contribution is -2.59. The predicted molar refractivity (Wildman–Crippen MR) is 89.5 cm³/mol. The average molecular weight is 352 g/mol. The van der Waals surface area contributed by atoms with Gasteiger partial charge in [-0.2, -0.15) is 0 Å². The highest BCUT2D eigenvalue weighted by Crippen LogP contribution is 2.07. The molecular formula is C17H24N2O6. The predicted octanol–water partition coefficient (Wildman–Crippen LogP) is 0.730. The van der Waals surface area contributed by atoms with Crippen molar-refractivity contribution in [3.63, 3.8) is 0 Å². The van der Waals surface area contributed by atoms with Gasteiger partial charge in [0.1, 0.15) is 12.1 Å². The van der Waals surface area contributed by atoms with Gasteiger partial charge < -0.3 is 25.2 Å². The molecule has 2 atom stereocenters. The molecule has 1 aromatic carbocycles. The Labute approximate surface area is 146 Å². The minimum absolute atomic E-state index is 0.0584. The van der Waals surface area contributed by atoms with Crippen LogP contribution >= 0.6 is 0 Å². The number of aliphatic hydroxyl groups is 1. The lowest BCUT2D eigenvalue weighted by molar-refractivity contribution is -0.148. The van der Waals surface area contributed by atoms with Gasteiger partial charge in [-0.3, -0.25) is 4.79 Å². The van der Waals surface area contributed by atoms with Crippen molar-refractivity contribution < 1.29 is 29.0 Å². The Morgan fingerprint density at radius 2 is 1.80 bits per heavy atom. The van der Waals surface area contributed by atoms with E-state index in [4.69, 9.17) is 4.74 Å². The summed E-state index contributed by atoms with van der Waals surface area (Å²) in [6.07, 6.45) is -1.94. The summed E-state index contributed by atoms with van der Waals surface area (Å²) < 4.78 is 9.59. The second-order valence-corrected chi connectivity index (χ2v) is 6.03. The van der Waals surface area contributed by atoms with Crippen LogP contribution in [0.5, 0.6) is 0 Å². The van der Waals surface area contributed by atoms with Gasteiger partial charge in [-0.15, -0.1) is 0 Å². The lowest BCUT2D eigenvalue weighted by Gasteiger charge is -2.28. The summed E-state index contributed by atoms with van der Waals surface area (Å²) in [5.74, 6) is -1.45. The van der Waals surface area contributed by atoms with Crippen molar-refractivity contribution in [3.05, 3.63) is 35.9 Å². The number of methoxy groups -OCH3 is 1. The van der Waals surface area contributed by atoms with E-state index in [1.807, 2.05) is 18.2 Å². The van der Waals surface area contributed by atoms with Gasteiger partial charge in [0, 0.05) is 0 Å². The molecule has 0 heterocycles. The maximum atomic E-state index is 12.3. The van der Waals surface area contributed by atoms with Crippen molar-refractivity contribution >= 4 is 18.0 Å². The van der Waals surface area contributed by atoms with Crippen LogP contribution in [0.2, 0.25) is 0 Å². The van der Waals surface area contributed by atoms with Crippen LogP contribution in [0.15, 0.2) is 30.3 Å². The molecule has 0 bridgehead atoms. The van der Waals surface area contributed by atoms with Crippen LogP contribution in [0.25, 0.3) is 0 Å². The fraction of sp³-hybridized carbons (Fsp3) is 0.471. The van der Waals surface area contributed by atoms with Crippen molar-refractivity contribution in [3.8, 4) is 0 Å². The van der Waals surface area contributed by atoms with Gasteiger partial charge >= 0.3 is 12.1 Å². The van der Waals surface area contributed by atoms with Crippen LogP contribution in [0, 0.1) is 0 Å². The normalized spacial score (nSPS) is 13.3. The Balaban J connectivity index is 2.61. The van der Waals surface area contributed by atoms with E-state index in [1.54, 1.807) is 12.1 Å². The molecule has 3 N–H and O–H groups in total. The van der Waals surface area contributed by atoms with E-state index >= 15 is 0 Å². The Morgan fingerprint density at radius 1 is 1.20 bits per heavy atom. The number of nitrogens with one attached hydrogen (secondary N) is 2. The number of carbonyl (C=O) groups is 3. The SMILES string of the molecule is COC(=O)[C@@H](NC(=O)C(C)(C)NC(=O)OCc1ccccc1)[C@H](C)O. The van der Waals surface area contributed by atoms with Gasteiger partial charge in [-0.25, -0.2) is 9.59 Å². The van der Waals surface area contributed by atoms with Crippen LogP contribution in [0.1, 0.15) is 26.3 Å². The minimum atomic E-state index is -1.37. The highest BCUT2D eigenvalue weighted by molar-refractivity contribution is 5.92. The average Bonchev–Trinajstić information content (AvgIpc) is 2.57. The molecule has 0 fully saturated rings. The van der Waals surface area contributed by atoms with Gasteiger partial charge in [-0.1, -0.05) is 30.3 Å². The summed E-state index contributed by atoms with van der Waals surface area (Å²) in [7, 11) is 1.15. The number of benzene rings is 1. The number of hydrogen-bond donors (Lipinski definition) is 3. The largest absolute Gasteiger partial charge is 0.467 e. The third kappa shape index (κ3) is 6.42. The standard InChI is InChI=1S/C17H24N2O6/c1-11(20)13(14(21)24-4)18-15(22)17(2,3)19-16(23)25-10-12-8-6-5-7-9-12/h5-9,11,13,20H,10H2,1-4H3,(H,18,22)(H,19,23)/t11-,13-/m0/s1. The Bertz CT molecular complexity index is 600. The molecule has 1 aromatic rings. The number of amides is 2. The minimum Gasteiger partial charge on any atom is -0.467 e. The van der Waals surface area contributed by atoms with Crippen molar-refractivity contribution in [2.45, 2.75) is 45.1 Å². The molecule has 8 nitrogen and oxygen atoms in total. The summed E-state index contributed by atoms with van der Waals surface area (Å²) in [5, 5.41) is 14.4. The Hall–Kier alpha value is -2.61. The number of ether oxygens (including phenoxy) is 2. The summed E-state index contributed by atoms with van der Waals surface area (Å²) in [6, 6.07) is 7.84. The van der Waals surface area contributed by atoms with Crippen LogP contribution < -0.4 is 10.6 Å². The zero-order valence-electron chi connectivity index (χ0n) is 14.7. The zero-order valence-corrected chi connectivity index (χ0v) is 14.7. The van der Waals surface area contributed by atoms with Gasteiger partial charge in [0.05, 0.1) is 13.2 Å². The number of esters is 1. The fourth-order valence-electron chi connectivity index (χ4n) is 1.90. The maximum Gasteiger partial charge on any atom is 0.408 e. The van der Waals surface area contributed by atoms with Crippen LogP contribution in [-0.2, 0) is 25.7 Å². The van der Waals surface area contributed by atoms with Gasteiger partial charge in [0.2, 0.25) is 5.91 Å². The molecule has 25 heavy (non-hydrogen) atoms. The molecule has 8 heteroatoms. The number of hydrogen-bond acceptors (Lipinski definition) is 6. The first-order valence-electron chi connectivity index (χ1n) is 7.73. The summed E-state index contributed by atoms with van der Waals surface area (Å²) in [5.41, 5.74) is -0.561. The van der Waals surface area contributed by atoms with Crippen LogP contribution in [0.3, 0.4) is 0 Å². The first kappa shape index (κ1) is 20.4. The smallest absolute Gasteiger partial charge is 0.408 e. The first-order valence-corrected chi connectivity index (χ1v) is 7.73. The summed E-state index contributed by atoms with van der Waals surface area (Å²) >= 11 is 0. The molecular weight excluding hydrogens is 328 g/mol. The molecule has 0 aliphatic rings. The molecule has 0 spiro atoms. The van der Waals surface area contributed by atoms with Crippen LogP contribution in [0.4, 0.5) is 4.79 Å². The van der Waals surface area contributed by atoms with Gasteiger partial charge in [0.25, 0.3) is 0 Å². The maximum absolute atomic E-state index is 12.3. The molecule has 0 unspecified atom stereocenters. The van der Waals surface area contributed by atoms with Crippen molar-refractivity contribution in [1.29, 1.82) is 0 Å². The number of carbonyl (C=O) groups excluding carboxylic acids is 3. The number of rotatable bonds is 7. The second kappa shape index (κ2) is 9.03. The Kier molecular flexibility index (Phi) is 7.38. The van der Waals surface area contributed by atoms with E-state index < -0.39 is 35.7 Å². The third-order valence-corrected chi connectivity index (χ3v) is 3.42. The molecule has 1 rings (SSSR count). The molecule has 0 aliphatic carbocycles. The lowest BCUT2D eigenvalue weighted by atomic mass is 10.0. The molecule has 0 aliphatic heterocycles. The van der Waals surface area contributed by atoms with E-state index in [-0.39, 0.29) is 6.61 Å². The van der Waals surface area contributed by atoms with E-state index in [0.717, 1.165) is 12.7 Å². The monoisotopic (exact) mass is 352 g/mol. The molecule has 2 amide bonds. The van der Waals surface area contributed by atoms with Crippen molar-refractivity contribution in [2.24, 2.45) is 0 Å². The summed E-state index contributed by atoms with van der Waals surface area (Å²) in [6.45, 7) is 4.30. The summed E-state index contributed by atoms with van der Waals surface area (Å²) in [4.78, 5) is 35.8. The van der Waals surface area contributed by atoms with Gasteiger partial charge in [0.15, 0.2) is 6.04 Å². The molecule has 138 valence electrons.